The van der Waals surface area contributed by atoms with E-state index in [1.165, 1.54) is 44.2 Å². The maximum atomic E-state index is 13.2. The Morgan fingerprint density at radius 2 is 1.88 bits per heavy atom. The zero-order valence-corrected chi connectivity index (χ0v) is 20.2. The van der Waals surface area contributed by atoms with Crippen molar-refractivity contribution < 1.29 is 31.1 Å². The molecule has 3 rings (SSSR count). The number of sulfone groups is 1. The summed E-state index contributed by atoms with van der Waals surface area (Å²) in [5.41, 5.74) is 0.544. The van der Waals surface area contributed by atoms with Gasteiger partial charge in [0.05, 0.1) is 16.3 Å². The molecule has 2 N–H and O–H groups in total. The van der Waals surface area contributed by atoms with Gasteiger partial charge >= 0.3 is 6.36 Å². The topological polar surface area (TPSA) is 87.7 Å². The normalized spacial score (nSPS) is 14.7. The maximum Gasteiger partial charge on any atom is 0.573 e. The Morgan fingerprint density at radius 1 is 1.21 bits per heavy atom. The Labute approximate surface area is 201 Å². The average molecular weight is 520 g/mol. The molecular weight excluding hydrogens is 495 g/mol. The van der Waals surface area contributed by atoms with Gasteiger partial charge < -0.3 is 20.3 Å². The molecule has 2 aromatic rings. The number of hydrogen-bond acceptors (Lipinski definition) is 6. The van der Waals surface area contributed by atoms with E-state index in [1.54, 1.807) is 4.90 Å². The number of benzene rings is 2. The van der Waals surface area contributed by atoms with Crippen molar-refractivity contribution in [2.24, 2.45) is 0 Å². The fourth-order valence-electron chi connectivity index (χ4n) is 3.74. The number of halogens is 4. The number of hydrogen-bond donors (Lipinski definition) is 2. The van der Waals surface area contributed by atoms with Gasteiger partial charge in [-0.1, -0.05) is 18.5 Å². The summed E-state index contributed by atoms with van der Waals surface area (Å²) in [5, 5.41) is 6.01. The Morgan fingerprint density at radius 3 is 2.50 bits per heavy atom. The summed E-state index contributed by atoms with van der Waals surface area (Å²) in [6.07, 6.45) is -4.94. The van der Waals surface area contributed by atoms with E-state index in [4.69, 9.17) is 11.6 Å². The van der Waals surface area contributed by atoms with Crippen molar-refractivity contribution in [3.8, 4) is 5.75 Å². The Balaban J connectivity index is 1.91. The molecule has 0 unspecified atom stereocenters. The van der Waals surface area contributed by atoms with Crippen LogP contribution in [0, 0.1) is 6.92 Å². The summed E-state index contributed by atoms with van der Waals surface area (Å²) in [6, 6.07) is 7.11. The van der Waals surface area contributed by atoms with Crippen molar-refractivity contribution in [1.29, 1.82) is 0 Å². The highest BCUT2D eigenvalue weighted by molar-refractivity contribution is 7.91. The lowest BCUT2D eigenvalue weighted by atomic mass is 10.0. The minimum absolute atomic E-state index is 0.0138. The quantitative estimate of drug-likeness (QED) is 0.580. The van der Waals surface area contributed by atoms with Gasteiger partial charge in [-0.25, -0.2) is 8.42 Å². The maximum absolute atomic E-state index is 13.2. The molecule has 1 saturated heterocycles. The highest BCUT2D eigenvalue weighted by atomic mass is 35.5. The van der Waals surface area contributed by atoms with Crippen LogP contribution in [0.3, 0.4) is 0 Å². The molecule has 1 heterocycles. The van der Waals surface area contributed by atoms with E-state index < -0.39 is 27.9 Å². The average Bonchev–Trinajstić information content (AvgIpc) is 2.78. The minimum atomic E-state index is -4.94. The first-order chi connectivity index (χ1) is 15.9. The predicted octanol–water partition coefficient (Wildman–Crippen LogP) is 3.68. The van der Waals surface area contributed by atoms with Crippen LogP contribution in [0.25, 0.3) is 0 Å². The van der Waals surface area contributed by atoms with E-state index >= 15 is 0 Å². The van der Waals surface area contributed by atoms with Gasteiger partial charge in [0.2, 0.25) is 0 Å². The molecule has 0 bridgehead atoms. The van der Waals surface area contributed by atoms with E-state index in [0.29, 0.717) is 26.2 Å². The van der Waals surface area contributed by atoms with Crippen molar-refractivity contribution in [3.63, 3.8) is 0 Å². The van der Waals surface area contributed by atoms with Gasteiger partial charge in [0, 0.05) is 48.9 Å². The largest absolute Gasteiger partial charge is 0.573 e. The van der Waals surface area contributed by atoms with E-state index in [9.17, 15) is 26.4 Å². The van der Waals surface area contributed by atoms with Gasteiger partial charge in [0.1, 0.15) is 0 Å². The molecule has 2 aromatic carbocycles. The van der Waals surface area contributed by atoms with E-state index in [2.05, 4.69) is 15.4 Å². The number of carbonyl (C=O) groups excluding carboxylic acids is 1. The molecule has 1 aliphatic heterocycles. The second kappa shape index (κ2) is 10.4. The van der Waals surface area contributed by atoms with Gasteiger partial charge in [-0.15, -0.1) is 13.2 Å². The second-order valence-corrected chi connectivity index (χ2v) is 10.4. The molecule has 0 spiro atoms. The van der Waals surface area contributed by atoms with Crippen molar-refractivity contribution in [1.82, 2.24) is 10.6 Å². The number of ether oxygens (including phenoxy) is 1. The first-order valence-electron chi connectivity index (χ1n) is 10.6. The van der Waals surface area contributed by atoms with Gasteiger partial charge in [-0.3, -0.25) is 4.79 Å². The molecule has 0 aromatic heterocycles. The van der Waals surface area contributed by atoms with Crippen LogP contribution in [0.4, 0.5) is 18.9 Å². The minimum Gasteiger partial charge on any atom is -0.403 e. The summed E-state index contributed by atoms with van der Waals surface area (Å²) in [4.78, 5) is 14.7. The molecule has 12 heteroatoms. The Bertz CT molecular complexity index is 1170. The lowest BCUT2D eigenvalue weighted by Gasteiger charge is -2.32. The predicted molar refractivity (Wildman–Crippen MR) is 123 cm³/mol. The molecule has 0 radical (unpaired) electrons. The molecule has 1 fully saturated rings. The van der Waals surface area contributed by atoms with Crippen molar-refractivity contribution in [2.75, 3.05) is 36.8 Å². The summed E-state index contributed by atoms with van der Waals surface area (Å²) in [5.74, 6) is -1.24. The molecule has 186 valence electrons. The molecule has 0 saturated carbocycles. The number of alkyl halides is 3. The van der Waals surface area contributed by atoms with Crippen LogP contribution in [0.2, 0.25) is 5.02 Å². The van der Waals surface area contributed by atoms with Crippen LogP contribution in [0.1, 0.15) is 28.4 Å². The molecular formula is C22H25ClF3N3O4S. The fourth-order valence-corrected chi connectivity index (χ4v) is 5.05. The zero-order chi connectivity index (χ0) is 25.1. The third kappa shape index (κ3) is 6.13. The summed E-state index contributed by atoms with van der Waals surface area (Å²) < 4.78 is 68.6. The van der Waals surface area contributed by atoms with Crippen LogP contribution < -0.4 is 20.3 Å². The Kier molecular flexibility index (Phi) is 7.99. The van der Waals surface area contributed by atoms with E-state index in [-0.39, 0.29) is 44.6 Å². The Hall–Kier alpha value is -2.50. The standard InChI is InChI=1S/C22H25ClF3N3O4S/c1-3-34(31,32)19-7-4-16(23)12-15(19)13-28-21(30)17-5-6-18(29-10-8-27-9-11-29)20(14(17)2)33-22(24,25)26/h4-7,12,27H,3,8-11,13H2,1-2H3,(H,28,30). The number of nitrogens with one attached hydrogen (secondary N) is 2. The van der Waals surface area contributed by atoms with Gasteiger partial charge in [0.15, 0.2) is 15.6 Å². The highest BCUT2D eigenvalue weighted by Crippen LogP contribution is 2.38. The van der Waals surface area contributed by atoms with Gasteiger partial charge in [-0.05, 0) is 42.8 Å². The van der Waals surface area contributed by atoms with Crippen molar-refractivity contribution in [3.05, 3.63) is 52.0 Å². The van der Waals surface area contributed by atoms with E-state index in [1.807, 2.05) is 0 Å². The molecule has 0 aliphatic carbocycles. The summed E-state index contributed by atoms with van der Waals surface area (Å²) in [6.45, 7) is 4.89. The third-order valence-electron chi connectivity index (χ3n) is 5.48. The van der Waals surface area contributed by atoms with Crippen LogP contribution in [-0.2, 0) is 16.4 Å². The van der Waals surface area contributed by atoms with Crippen LogP contribution >= 0.6 is 11.6 Å². The summed E-state index contributed by atoms with van der Waals surface area (Å²) >= 11 is 6.00. The lowest BCUT2D eigenvalue weighted by molar-refractivity contribution is -0.274. The van der Waals surface area contributed by atoms with Gasteiger partial charge in [-0.2, -0.15) is 0 Å². The molecule has 0 atom stereocenters. The lowest BCUT2D eigenvalue weighted by Crippen LogP contribution is -2.44. The first kappa shape index (κ1) is 26.1. The van der Waals surface area contributed by atoms with E-state index in [0.717, 1.165) is 0 Å². The molecule has 34 heavy (non-hydrogen) atoms. The molecule has 1 amide bonds. The fraction of sp³-hybridized carbons (Fsp3) is 0.409. The smallest absolute Gasteiger partial charge is 0.403 e. The SMILES string of the molecule is CCS(=O)(=O)c1ccc(Cl)cc1CNC(=O)c1ccc(N2CCNCC2)c(OC(F)(F)F)c1C. The number of piperazine rings is 1. The third-order valence-corrected chi connectivity index (χ3v) is 7.55. The number of nitrogens with zero attached hydrogens (tertiary/aromatic N) is 1. The molecule has 7 nitrogen and oxygen atoms in total. The number of anilines is 1. The summed E-state index contributed by atoms with van der Waals surface area (Å²) in [7, 11) is -3.58. The highest BCUT2D eigenvalue weighted by Gasteiger charge is 2.35. The monoisotopic (exact) mass is 519 g/mol. The number of carbonyl (C=O) groups is 1. The number of rotatable bonds is 7. The molecule has 1 aliphatic rings. The van der Waals surface area contributed by atoms with Crippen molar-refractivity contribution >= 4 is 33.0 Å². The van der Waals surface area contributed by atoms with Gasteiger partial charge in [0.25, 0.3) is 5.91 Å². The van der Waals surface area contributed by atoms with Crippen LogP contribution in [0.5, 0.6) is 5.75 Å². The van der Waals surface area contributed by atoms with Crippen LogP contribution in [-0.4, -0.2) is 52.6 Å². The second-order valence-electron chi connectivity index (χ2n) is 7.71. The van der Waals surface area contributed by atoms with Crippen LogP contribution in [0.15, 0.2) is 35.2 Å². The van der Waals surface area contributed by atoms with Crippen molar-refractivity contribution in [2.45, 2.75) is 31.7 Å². The number of amides is 1. The first-order valence-corrected chi connectivity index (χ1v) is 12.6. The zero-order valence-electron chi connectivity index (χ0n) is 18.6.